The summed E-state index contributed by atoms with van der Waals surface area (Å²) in [5.41, 5.74) is 2.12. The zero-order chi connectivity index (χ0) is 30.0. The maximum atomic E-state index is 13.7. The van der Waals surface area contributed by atoms with Gasteiger partial charge in [-0.3, -0.25) is 14.6 Å². The molecule has 3 N–H and O–H groups in total. The van der Waals surface area contributed by atoms with Gasteiger partial charge in [-0.1, -0.05) is 0 Å². The van der Waals surface area contributed by atoms with Gasteiger partial charge in [-0.05, 0) is 58.7 Å². The second kappa shape index (κ2) is 15.3. The molecule has 11 nitrogen and oxygen atoms in total. The van der Waals surface area contributed by atoms with E-state index in [1.165, 1.54) is 6.07 Å². The molecule has 1 aliphatic heterocycles. The predicted molar refractivity (Wildman–Crippen MR) is 163 cm³/mol. The standard InChI is InChI=1S/C30H48N6O5/c1-7-36(25-20-26-24(18-23(25)3)22(2)19-28(38)40-26)27(37)21-35-14-11-32-9-8-31-10-13-34(16-17-35)15-12-33-29(39)41-30(4,5)6/h18-20,31-32H,7-17,21H2,1-6H3,(H,33,39). The molecule has 2 aromatic rings. The van der Waals surface area contributed by atoms with Crippen LogP contribution in [0.15, 0.2) is 27.4 Å². The van der Waals surface area contributed by atoms with Gasteiger partial charge in [0.25, 0.3) is 0 Å². The number of rotatable bonds is 7. The normalized spacial score (nSPS) is 16.5. The van der Waals surface area contributed by atoms with Gasteiger partial charge < -0.3 is 30.0 Å². The lowest BCUT2D eigenvalue weighted by molar-refractivity contribution is -0.119. The van der Waals surface area contributed by atoms with Crippen LogP contribution in [0.4, 0.5) is 10.5 Å². The van der Waals surface area contributed by atoms with Gasteiger partial charge in [0.2, 0.25) is 5.91 Å². The van der Waals surface area contributed by atoms with Crippen molar-refractivity contribution < 1.29 is 18.7 Å². The van der Waals surface area contributed by atoms with Crippen molar-refractivity contribution in [2.24, 2.45) is 0 Å². The zero-order valence-electron chi connectivity index (χ0n) is 25.6. The van der Waals surface area contributed by atoms with Gasteiger partial charge in [0.05, 0.1) is 12.2 Å². The Labute approximate surface area is 243 Å². The van der Waals surface area contributed by atoms with Crippen molar-refractivity contribution in [2.45, 2.75) is 47.1 Å². The molecule has 0 spiro atoms. The largest absolute Gasteiger partial charge is 0.444 e. The van der Waals surface area contributed by atoms with E-state index >= 15 is 0 Å². The molecule has 0 bridgehead atoms. The van der Waals surface area contributed by atoms with E-state index in [1.807, 2.05) is 53.7 Å². The van der Waals surface area contributed by atoms with E-state index < -0.39 is 17.3 Å². The van der Waals surface area contributed by atoms with Crippen molar-refractivity contribution >= 4 is 28.7 Å². The number of carbonyl (C=O) groups is 2. The summed E-state index contributed by atoms with van der Waals surface area (Å²) in [6, 6.07) is 5.28. The van der Waals surface area contributed by atoms with Gasteiger partial charge in [-0.25, -0.2) is 9.59 Å². The summed E-state index contributed by atoms with van der Waals surface area (Å²) in [4.78, 5) is 44.0. The third-order valence-electron chi connectivity index (χ3n) is 7.05. The predicted octanol–water partition coefficient (Wildman–Crippen LogP) is 2.08. The summed E-state index contributed by atoms with van der Waals surface area (Å²) in [7, 11) is 0. The maximum absolute atomic E-state index is 13.7. The molecule has 1 aromatic carbocycles. The first kappa shape index (κ1) is 32.5. The van der Waals surface area contributed by atoms with Crippen LogP contribution in [0.1, 0.15) is 38.8 Å². The Morgan fingerprint density at radius 1 is 0.976 bits per heavy atom. The molecule has 11 heteroatoms. The number of carbonyl (C=O) groups excluding carboxylic acids is 2. The molecule has 2 heterocycles. The molecule has 3 rings (SSSR count). The zero-order valence-corrected chi connectivity index (χ0v) is 25.6. The molecule has 228 valence electrons. The SMILES string of the molecule is CCN(C(=O)CN1CCNCCNCCN(CCNC(=O)OC(C)(C)C)CC1)c1cc2oc(=O)cc(C)c2cc1C. The lowest BCUT2D eigenvalue weighted by Crippen LogP contribution is -2.48. The quantitative estimate of drug-likeness (QED) is 0.429. The lowest BCUT2D eigenvalue weighted by atomic mass is 10.1. The Morgan fingerprint density at radius 3 is 2.29 bits per heavy atom. The lowest BCUT2D eigenvalue weighted by Gasteiger charge is -2.31. The fourth-order valence-corrected chi connectivity index (χ4v) is 4.93. The summed E-state index contributed by atoms with van der Waals surface area (Å²) in [5.74, 6) is -0.00291. The van der Waals surface area contributed by atoms with Crippen molar-refractivity contribution in [1.29, 1.82) is 0 Å². The van der Waals surface area contributed by atoms with E-state index in [4.69, 9.17) is 9.15 Å². The number of anilines is 1. The summed E-state index contributed by atoms with van der Waals surface area (Å²) in [5, 5.41) is 10.6. The maximum Gasteiger partial charge on any atom is 0.407 e. The van der Waals surface area contributed by atoms with Crippen LogP contribution in [-0.4, -0.2) is 106 Å². The first-order valence-corrected chi connectivity index (χ1v) is 14.7. The molecule has 41 heavy (non-hydrogen) atoms. The number of hydrogen-bond donors (Lipinski definition) is 3. The van der Waals surface area contributed by atoms with Crippen molar-refractivity contribution in [2.75, 3.05) is 83.4 Å². The first-order valence-electron chi connectivity index (χ1n) is 14.7. The first-order chi connectivity index (χ1) is 19.5. The summed E-state index contributed by atoms with van der Waals surface area (Å²) in [6.45, 7) is 19.7. The van der Waals surface area contributed by atoms with E-state index in [-0.39, 0.29) is 12.5 Å². The fraction of sp³-hybridized carbons (Fsp3) is 0.633. The number of ether oxygens (including phenoxy) is 1. The van der Waals surface area contributed by atoms with Crippen molar-refractivity contribution in [3.63, 3.8) is 0 Å². The highest BCUT2D eigenvalue weighted by Crippen LogP contribution is 2.28. The summed E-state index contributed by atoms with van der Waals surface area (Å²) in [6.07, 6.45) is -0.415. The average molecular weight is 573 g/mol. The van der Waals surface area contributed by atoms with Gasteiger partial charge in [0.15, 0.2) is 0 Å². The minimum Gasteiger partial charge on any atom is -0.444 e. The van der Waals surface area contributed by atoms with Crippen LogP contribution in [0.25, 0.3) is 11.0 Å². The third-order valence-corrected chi connectivity index (χ3v) is 7.05. The number of fused-ring (bicyclic) bond motifs is 1. The van der Waals surface area contributed by atoms with Crippen LogP contribution >= 0.6 is 0 Å². The van der Waals surface area contributed by atoms with Crippen LogP contribution in [0, 0.1) is 13.8 Å². The van der Waals surface area contributed by atoms with E-state index in [0.29, 0.717) is 31.8 Å². The molecule has 1 fully saturated rings. The number of hydrogen-bond acceptors (Lipinski definition) is 9. The molecule has 1 aromatic heterocycles. The van der Waals surface area contributed by atoms with Crippen LogP contribution in [-0.2, 0) is 9.53 Å². The molecule has 0 radical (unpaired) electrons. The monoisotopic (exact) mass is 572 g/mol. The Kier molecular flexibility index (Phi) is 12.1. The number of nitrogens with one attached hydrogen (secondary N) is 3. The molecule has 2 amide bonds. The highest BCUT2D eigenvalue weighted by atomic mass is 16.6. The van der Waals surface area contributed by atoms with Gasteiger partial charge in [0, 0.05) is 89.5 Å². The summed E-state index contributed by atoms with van der Waals surface area (Å²) >= 11 is 0. The smallest absolute Gasteiger partial charge is 0.407 e. The Balaban J connectivity index is 1.68. The molecule has 0 unspecified atom stereocenters. The number of likely N-dealkylation sites (N-methyl/N-ethyl adjacent to an activating group) is 1. The second-order valence-electron chi connectivity index (χ2n) is 11.6. The van der Waals surface area contributed by atoms with E-state index in [0.717, 1.165) is 68.0 Å². The Bertz CT molecular complexity index is 1220. The Hall–Kier alpha value is -2.99. The number of aryl methyl sites for hydroxylation is 2. The molecular formula is C30H48N6O5. The van der Waals surface area contributed by atoms with Crippen LogP contribution in [0.5, 0.6) is 0 Å². The van der Waals surface area contributed by atoms with E-state index in [1.54, 1.807) is 4.90 Å². The molecule has 0 atom stereocenters. The number of nitrogens with zero attached hydrogens (tertiary/aromatic N) is 3. The van der Waals surface area contributed by atoms with E-state index in [9.17, 15) is 14.4 Å². The van der Waals surface area contributed by atoms with Crippen molar-refractivity contribution in [3.8, 4) is 0 Å². The molecule has 0 aliphatic carbocycles. The van der Waals surface area contributed by atoms with Crippen LogP contribution < -0.4 is 26.5 Å². The van der Waals surface area contributed by atoms with Gasteiger partial charge in [0.1, 0.15) is 11.2 Å². The average Bonchev–Trinajstić information content (AvgIpc) is 2.87. The van der Waals surface area contributed by atoms with Gasteiger partial charge in [-0.15, -0.1) is 0 Å². The summed E-state index contributed by atoms with van der Waals surface area (Å²) < 4.78 is 10.8. The second-order valence-corrected chi connectivity index (χ2v) is 11.6. The minimum absolute atomic E-state index is 0.00291. The highest BCUT2D eigenvalue weighted by Gasteiger charge is 2.22. The van der Waals surface area contributed by atoms with Crippen LogP contribution in [0.3, 0.4) is 0 Å². The number of alkyl carbamates (subject to hydrolysis) is 1. The van der Waals surface area contributed by atoms with Crippen molar-refractivity contribution in [1.82, 2.24) is 25.8 Å². The van der Waals surface area contributed by atoms with Gasteiger partial charge in [-0.2, -0.15) is 0 Å². The number of amides is 2. The highest BCUT2D eigenvalue weighted by molar-refractivity contribution is 5.98. The topological polar surface area (TPSA) is 119 Å². The Morgan fingerprint density at radius 2 is 1.63 bits per heavy atom. The molecular weight excluding hydrogens is 524 g/mol. The molecule has 1 aliphatic rings. The molecule has 0 saturated carbocycles. The number of benzene rings is 1. The van der Waals surface area contributed by atoms with Crippen LogP contribution in [0.2, 0.25) is 0 Å². The fourth-order valence-electron chi connectivity index (χ4n) is 4.93. The minimum atomic E-state index is -0.535. The van der Waals surface area contributed by atoms with Crippen molar-refractivity contribution in [3.05, 3.63) is 39.7 Å². The van der Waals surface area contributed by atoms with E-state index in [2.05, 4.69) is 25.8 Å². The third kappa shape index (κ3) is 10.4. The van der Waals surface area contributed by atoms with Gasteiger partial charge >= 0.3 is 11.7 Å². The molecule has 1 saturated heterocycles.